The van der Waals surface area contributed by atoms with Crippen LogP contribution in [0.4, 0.5) is 10.5 Å². The third-order valence-electron chi connectivity index (χ3n) is 5.03. The molecule has 0 aliphatic carbocycles. The van der Waals surface area contributed by atoms with E-state index in [2.05, 4.69) is 5.32 Å². The van der Waals surface area contributed by atoms with Crippen molar-refractivity contribution < 1.29 is 23.7 Å². The van der Waals surface area contributed by atoms with Crippen molar-refractivity contribution in [2.45, 2.75) is 12.1 Å². The number of benzene rings is 3. The summed E-state index contributed by atoms with van der Waals surface area (Å²) in [7, 11) is 0. The number of rotatable bonds is 4. The van der Waals surface area contributed by atoms with Crippen molar-refractivity contribution in [3.63, 3.8) is 0 Å². The Labute approximate surface area is 179 Å². The van der Waals surface area contributed by atoms with Gasteiger partial charge in [-0.3, -0.25) is 5.32 Å². The highest BCUT2D eigenvalue weighted by Crippen LogP contribution is 2.35. The molecule has 31 heavy (non-hydrogen) atoms. The summed E-state index contributed by atoms with van der Waals surface area (Å²) in [4.78, 5) is 17.3. The van der Waals surface area contributed by atoms with Crippen LogP contribution in [0.2, 0.25) is 0 Å². The molecule has 156 valence electrons. The van der Waals surface area contributed by atoms with Crippen molar-refractivity contribution in [2.24, 2.45) is 4.99 Å². The summed E-state index contributed by atoms with van der Waals surface area (Å²) in [6.45, 7) is 0.375. The molecule has 1 N–H and O–H groups in total. The van der Waals surface area contributed by atoms with E-state index in [9.17, 15) is 4.79 Å². The molecular formula is C24H20N2O5. The first-order valence-corrected chi connectivity index (χ1v) is 9.94. The number of nitrogens with one attached hydrogen (secondary N) is 1. The number of fused-ring (bicyclic) bond motifs is 1. The summed E-state index contributed by atoms with van der Waals surface area (Å²) < 4.78 is 22.4. The van der Waals surface area contributed by atoms with Crippen LogP contribution in [-0.4, -0.2) is 31.5 Å². The molecule has 0 saturated heterocycles. The minimum atomic E-state index is -0.580. The molecule has 3 aromatic rings. The lowest BCUT2D eigenvalue weighted by atomic mass is 10.0. The Kier molecular flexibility index (Phi) is 5.14. The van der Waals surface area contributed by atoms with Gasteiger partial charge in [-0.2, -0.15) is 0 Å². The van der Waals surface area contributed by atoms with Crippen LogP contribution in [0.25, 0.3) is 0 Å². The minimum Gasteiger partial charge on any atom is -0.473 e. The van der Waals surface area contributed by atoms with Gasteiger partial charge in [0.25, 0.3) is 0 Å². The second-order valence-corrected chi connectivity index (χ2v) is 7.10. The fourth-order valence-electron chi connectivity index (χ4n) is 3.53. The number of ether oxygens (including phenoxy) is 4. The normalized spacial score (nSPS) is 19.2. The van der Waals surface area contributed by atoms with E-state index in [0.29, 0.717) is 23.1 Å². The number of amides is 1. The number of carbonyl (C=O) groups excluding carboxylic acids is 1. The Morgan fingerprint density at radius 3 is 2.45 bits per heavy atom. The van der Waals surface area contributed by atoms with Crippen LogP contribution in [0.15, 0.2) is 83.9 Å². The average Bonchev–Trinajstić information content (AvgIpc) is 3.28. The van der Waals surface area contributed by atoms with Gasteiger partial charge in [0.05, 0.1) is 0 Å². The number of anilines is 1. The Balaban J connectivity index is 1.39. The summed E-state index contributed by atoms with van der Waals surface area (Å²) in [6, 6.07) is 24.0. The van der Waals surface area contributed by atoms with Crippen LogP contribution >= 0.6 is 0 Å². The fourth-order valence-corrected chi connectivity index (χ4v) is 3.53. The van der Waals surface area contributed by atoms with Gasteiger partial charge in [0.1, 0.15) is 12.6 Å². The van der Waals surface area contributed by atoms with Crippen molar-refractivity contribution in [2.75, 3.05) is 18.7 Å². The van der Waals surface area contributed by atoms with Gasteiger partial charge in [0.15, 0.2) is 17.6 Å². The molecule has 7 heteroatoms. The second kappa shape index (κ2) is 8.39. The van der Waals surface area contributed by atoms with E-state index in [1.54, 1.807) is 12.1 Å². The molecule has 0 saturated carbocycles. The maximum Gasteiger partial charge on any atom is 0.412 e. The van der Waals surface area contributed by atoms with Crippen molar-refractivity contribution >= 4 is 17.7 Å². The monoisotopic (exact) mass is 416 g/mol. The van der Waals surface area contributed by atoms with Gasteiger partial charge in [0.2, 0.25) is 12.7 Å². The van der Waals surface area contributed by atoms with E-state index in [0.717, 1.165) is 11.1 Å². The number of carbonyl (C=O) groups is 1. The van der Waals surface area contributed by atoms with Crippen LogP contribution in [0, 0.1) is 0 Å². The zero-order valence-electron chi connectivity index (χ0n) is 16.6. The SMILES string of the molecule is O=C(Nc1ccccc1)OC1COC(c2ccc3c(c2)OCO3)=NC1c1ccccc1. The van der Waals surface area contributed by atoms with E-state index in [-0.39, 0.29) is 13.4 Å². The van der Waals surface area contributed by atoms with E-state index < -0.39 is 18.2 Å². The molecule has 2 aliphatic rings. The number of nitrogens with zero attached hydrogens (tertiary/aromatic N) is 1. The van der Waals surface area contributed by atoms with Gasteiger partial charge in [-0.15, -0.1) is 0 Å². The summed E-state index contributed by atoms with van der Waals surface area (Å²) in [5, 5.41) is 2.74. The molecule has 1 amide bonds. The smallest absolute Gasteiger partial charge is 0.412 e. The molecule has 0 bridgehead atoms. The van der Waals surface area contributed by atoms with Crippen LogP contribution in [-0.2, 0) is 9.47 Å². The molecule has 5 rings (SSSR count). The van der Waals surface area contributed by atoms with Crippen molar-refractivity contribution in [3.8, 4) is 11.5 Å². The van der Waals surface area contributed by atoms with Crippen molar-refractivity contribution in [3.05, 3.63) is 90.0 Å². The third-order valence-corrected chi connectivity index (χ3v) is 5.03. The van der Waals surface area contributed by atoms with Gasteiger partial charge in [0, 0.05) is 11.3 Å². The second-order valence-electron chi connectivity index (χ2n) is 7.10. The maximum absolute atomic E-state index is 12.5. The zero-order valence-corrected chi connectivity index (χ0v) is 16.6. The summed E-state index contributed by atoms with van der Waals surface area (Å²) in [5.41, 5.74) is 2.36. The number of para-hydroxylation sites is 1. The van der Waals surface area contributed by atoms with Crippen LogP contribution in [0.3, 0.4) is 0 Å². The quantitative estimate of drug-likeness (QED) is 0.675. The van der Waals surface area contributed by atoms with Crippen molar-refractivity contribution in [1.82, 2.24) is 0 Å². The van der Waals surface area contributed by atoms with Gasteiger partial charge in [-0.1, -0.05) is 48.5 Å². The van der Waals surface area contributed by atoms with Gasteiger partial charge < -0.3 is 18.9 Å². The molecule has 0 spiro atoms. The summed E-state index contributed by atoms with van der Waals surface area (Å²) in [6.07, 6.45) is -1.13. The van der Waals surface area contributed by atoms with Gasteiger partial charge in [-0.05, 0) is 35.9 Å². The molecule has 2 atom stereocenters. The number of aliphatic imine (C=N–C) groups is 1. The Bertz CT molecular complexity index is 1100. The molecule has 2 unspecified atom stereocenters. The number of hydrogen-bond acceptors (Lipinski definition) is 6. The van der Waals surface area contributed by atoms with Crippen LogP contribution in [0.1, 0.15) is 17.2 Å². The lowest BCUT2D eigenvalue weighted by Crippen LogP contribution is -2.36. The van der Waals surface area contributed by atoms with Crippen LogP contribution in [0.5, 0.6) is 11.5 Å². The molecule has 3 aromatic carbocycles. The molecular weight excluding hydrogens is 396 g/mol. The Morgan fingerprint density at radius 1 is 0.903 bits per heavy atom. The van der Waals surface area contributed by atoms with Crippen LogP contribution < -0.4 is 14.8 Å². The van der Waals surface area contributed by atoms with Gasteiger partial charge in [-0.25, -0.2) is 9.79 Å². The molecule has 2 aliphatic heterocycles. The zero-order chi connectivity index (χ0) is 21.0. The van der Waals surface area contributed by atoms with Crippen molar-refractivity contribution in [1.29, 1.82) is 0 Å². The molecule has 7 nitrogen and oxygen atoms in total. The first-order valence-electron chi connectivity index (χ1n) is 9.94. The van der Waals surface area contributed by atoms with E-state index in [1.165, 1.54) is 0 Å². The highest BCUT2D eigenvalue weighted by atomic mass is 16.7. The van der Waals surface area contributed by atoms with E-state index >= 15 is 0 Å². The Morgan fingerprint density at radius 2 is 1.65 bits per heavy atom. The standard InChI is InChI=1S/C24H20N2O5/c27-24(25-18-9-5-2-6-10-18)31-21-14-28-23(26-22(21)16-7-3-1-4-8-16)17-11-12-19-20(13-17)30-15-29-19/h1-13,21-22H,14-15H2,(H,25,27). The van der Waals surface area contributed by atoms with E-state index in [1.807, 2.05) is 66.7 Å². The topological polar surface area (TPSA) is 78.4 Å². The third kappa shape index (κ3) is 4.16. The molecule has 2 heterocycles. The molecule has 0 aromatic heterocycles. The lowest BCUT2D eigenvalue weighted by molar-refractivity contribution is 0.0440. The number of hydrogen-bond donors (Lipinski definition) is 1. The minimum absolute atomic E-state index is 0.176. The van der Waals surface area contributed by atoms with E-state index in [4.69, 9.17) is 23.9 Å². The predicted molar refractivity (Wildman–Crippen MR) is 115 cm³/mol. The average molecular weight is 416 g/mol. The largest absolute Gasteiger partial charge is 0.473 e. The highest BCUT2D eigenvalue weighted by Gasteiger charge is 2.33. The predicted octanol–water partition coefficient (Wildman–Crippen LogP) is 4.55. The summed E-state index contributed by atoms with van der Waals surface area (Å²) >= 11 is 0. The highest BCUT2D eigenvalue weighted by molar-refractivity contribution is 5.95. The first-order chi connectivity index (χ1) is 15.3. The maximum atomic E-state index is 12.5. The fraction of sp³-hybridized carbons (Fsp3) is 0.167. The summed E-state index contributed by atoms with van der Waals surface area (Å²) in [5.74, 6) is 1.81. The Hall–Kier alpha value is -4.00. The van der Waals surface area contributed by atoms with Gasteiger partial charge >= 0.3 is 6.09 Å². The molecule has 0 radical (unpaired) electrons. The first kappa shape index (κ1) is 19.0. The lowest BCUT2D eigenvalue weighted by Gasteiger charge is -2.30. The molecule has 0 fully saturated rings.